The van der Waals surface area contributed by atoms with E-state index in [9.17, 15) is 9.60 Å². The normalized spacial score (nSPS) is 11.7. The molecule has 1 heterocycles. The lowest BCUT2D eigenvalue weighted by molar-refractivity contribution is 0.318. The second-order valence-electron chi connectivity index (χ2n) is 5.00. The average molecular weight is 374 g/mol. The minimum Gasteiger partial charge on any atom is -0.461 e. The molecule has 0 bridgehead atoms. The number of hydrogen-bond donors (Lipinski definition) is 1. The Hall–Kier alpha value is -2.40. The maximum atomic E-state index is 13.0. The predicted octanol–water partition coefficient (Wildman–Crippen LogP) is 5.27. The van der Waals surface area contributed by atoms with Gasteiger partial charge < -0.3 is 9.62 Å². The van der Waals surface area contributed by atoms with E-state index >= 15 is 0 Å². The smallest absolute Gasteiger partial charge is 0.134 e. The molecular formula is C18H13BrFNO2. The molecule has 0 fully saturated rings. The number of halogens is 2. The number of benzene rings is 2. The van der Waals surface area contributed by atoms with E-state index in [0.717, 1.165) is 15.8 Å². The first-order chi connectivity index (χ1) is 11.2. The maximum absolute atomic E-state index is 13.0. The summed E-state index contributed by atoms with van der Waals surface area (Å²) in [7, 11) is 0. The molecular weight excluding hydrogens is 361 g/mol. The highest BCUT2D eigenvalue weighted by molar-refractivity contribution is 9.10. The Kier molecular flexibility index (Phi) is 4.57. The third-order valence-electron chi connectivity index (χ3n) is 3.43. The Balaban J connectivity index is 1.80. The fourth-order valence-electron chi connectivity index (χ4n) is 2.24. The fraction of sp³-hybridized carbons (Fsp3) is 0.0556. The molecule has 3 rings (SSSR count). The standard InChI is InChI=1S/C18H13BrFNO2/c19-14-5-1-13(2-6-14)18-10-9-16(23-18)11-17(21-22)12-3-7-15(20)8-4-12/h1-10,22H,11H2. The minimum atomic E-state index is -0.332. The van der Waals surface area contributed by atoms with E-state index in [1.807, 2.05) is 36.4 Å². The molecule has 3 aromatic rings. The molecule has 0 aliphatic heterocycles. The molecule has 0 aliphatic rings. The molecule has 0 atom stereocenters. The van der Waals surface area contributed by atoms with Crippen LogP contribution in [-0.2, 0) is 6.42 Å². The predicted molar refractivity (Wildman–Crippen MR) is 90.3 cm³/mol. The first kappa shape index (κ1) is 15.5. The van der Waals surface area contributed by atoms with Crippen molar-refractivity contribution in [1.82, 2.24) is 0 Å². The lowest BCUT2D eigenvalue weighted by atomic mass is 10.1. The van der Waals surface area contributed by atoms with Crippen LogP contribution in [0.1, 0.15) is 11.3 Å². The molecule has 3 nitrogen and oxygen atoms in total. The molecule has 2 aromatic carbocycles. The maximum Gasteiger partial charge on any atom is 0.134 e. The van der Waals surface area contributed by atoms with E-state index in [4.69, 9.17) is 4.42 Å². The van der Waals surface area contributed by atoms with Crippen LogP contribution in [-0.4, -0.2) is 10.9 Å². The van der Waals surface area contributed by atoms with Crippen LogP contribution in [0, 0.1) is 5.82 Å². The molecule has 0 aliphatic carbocycles. The van der Waals surface area contributed by atoms with Gasteiger partial charge in [-0.25, -0.2) is 4.39 Å². The van der Waals surface area contributed by atoms with Crippen molar-refractivity contribution < 1.29 is 14.0 Å². The number of rotatable bonds is 4. The van der Waals surface area contributed by atoms with Gasteiger partial charge in [0.05, 0.1) is 12.1 Å². The number of furan rings is 1. The van der Waals surface area contributed by atoms with Gasteiger partial charge in [0, 0.05) is 10.0 Å². The summed E-state index contributed by atoms with van der Waals surface area (Å²) in [6.07, 6.45) is 0.318. The van der Waals surface area contributed by atoms with Gasteiger partial charge >= 0.3 is 0 Å². The second kappa shape index (κ2) is 6.79. The summed E-state index contributed by atoms with van der Waals surface area (Å²) in [5.74, 6) is 1.07. The van der Waals surface area contributed by atoms with Crippen molar-refractivity contribution in [3.05, 3.63) is 82.3 Å². The van der Waals surface area contributed by atoms with Gasteiger partial charge in [0.1, 0.15) is 17.3 Å². The SMILES string of the molecule is ON=C(Cc1ccc(-c2ccc(Br)cc2)o1)c1ccc(F)cc1. The van der Waals surface area contributed by atoms with E-state index in [1.165, 1.54) is 12.1 Å². The van der Waals surface area contributed by atoms with Crippen LogP contribution < -0.4 is 0 Å². The van der Waals surface area contributed by atoms with Crippen LogP contribution in [0.3, 0.4) is 0 Å². The van der Waals surface area contributed by atoms with E-state index in [1.54, 1.807) is 12.1 Å². The average Bonchev–Trinajstić information content (AvgIpc) is 3.03. The monoisotopic (exact) mass is 373 g/mol. The minimum absolute atomic E-state index is 0.318. The summed E-state index contributed by atoms with van der Waals surface area (Å²) >= 11 is 3.40. The van der Waals surface area contributed by atoms with Crippen molar-refractivity contribution >= 4 is 21.6 Å². The van der Waals surface area contributed by atoms with Gasteiger partial charge in [-0.15, -0.1) is 0 Å². The molecule has 1 N–H and O–H groups in total. The van der Waals surface area contributed by atoms with Crippen LogP contribution in [0.5, 0.6) is 0 Å². The van der Waals surface area contributed by atoms with E-state index < -0.39 is 0 Å². The molecule has 0 spiro atoms. The fourth-order valence-corrected chi connectivity index (χ4v) is 2.51. The Bertz CT molecular complexity index is 823. The zero-order chi connectivity index (χ0) is 16.2. The molecule has 0 amide bonds. The van der Waals surface area contributed by atoms with Gasteiger partial charge in [-0.05, 0) is 42.0 Å². The molecule has 0 saturated carbocycles. The van der Waals surface area contributed by atoms with Crippen molar-refractivity contribution in [2.45, 2.75) is 6.42 Å². The van der Waals surface area contributed by atoms with Crippen LogP contribution in [0.15, 0.2) is 74.7 Å². The third-order valence-corrected chi connectivity index (χ3v) is 3.96. The van der Waals surface area contributed by atoms with Gasteiger partial charge in [-0.2, -0.15) is 0 Å². The van der Waals surface area contributed by atoms with Gasteiger partial charge in [-0.3, -0.25) is 0 Å². The lowest BCUT2D eigenvalue weighted by Crippen LogP contribution is -2.04. The van der Waals surface area contributed by atoms with Gasteiger partial charge in [0.25, 0.3) is 0 Å². The zero-order valence-electron chi connectivity index (χ0n) is 12.0. The van der Waals surface area contributed by atoms with Crippen molar-refractivity contribution in [2.75, 3.05) is 0 Å². The molecule has 0 radical (unpaired) electrons. The van der Waals surface area contributed by atoms with Crippen molar-refractivity contribution in [1.29, 1.82) is 0 Å². The zero-order valence-corrected chi connectivity index (χ0v) is 13.6. The second-order valence-corrected chi connectivity index (χ2v) is 5.92. The summed E-state index contributed by atoms with van der Waals surface area (Å²) in [5.41, 5.74) is 2.03. The Morgan fingerprint density at radius 2 is 1.70 bits per heavy atom. The first-order valence-electron chi connectivity index (χ1n) is 6.97. The Labute approximate surface area is 141 Å². The molecule has 23 heavy (non-hydrogen) atoms. The van der Waals surface area contributed by atoms with E-state index in [0.29, 0.717) is 23.5 Å². The number of oxime groups is 1. The highest BCUT2D eigenvalue weighted by Gasteiger charge is 2.11. The van der Waals surface area contributed by atoms with E-state index in [-0.39, 0.29) is 5.82 Å². The van der Waals surface area contributed by atoms with Crippen molar-refractivity contribution in [2.24, 2.45) is 5.16 Å². The summed E-state index contributed by atoms with van der Waals surface area (Å²) < 4.78 is 19.8. The van der Waals surface area contributed by atoms with Crippen LogP contribution in [0.25, 0.3) is 11.3 Å². The topological polar surface area (TPSA) is 45.7 Å². The highest BCUT2D eigenvalue weighted by Crippen LogP contribution is 2.24. The van der Waals surface area contributed by atoms with E-state index in [2.05, 4.69) is 21.1 Å². The number of nitrogens with zero attached hydrogens (tertiary/aromatic N) is 1. The molecule has 5 heteroatoms. The van der Waals surface area contributed by atoms with Gasteiger partial charge in [0.2, 0.25) is 0 Å². The summed E-state index contributed by atoms with van der Waals surface area (Å²) in [6.45, 7) is 0. The van der Waals surface area contributed by atoms with Gasteiger partial charge in [-0.1, -0.05) is 45.4 Å². The highest BCUT2D eigenvalue weighted by atomic mass is 79.9. The van der Waals surface area contributed by atoms with Crippen LogP contribution in [0.4, 0.5) is 4.39 Å². The molecule has 116 valence electrons. The third kappa shape index (κ3) is 3.68. The largest absolute Gasteiger partial charge is 0.461 e. The Morgan fingerprint density at radius 3 is 2.35 bits per heavy atom. The van der Waals surface area contributed by atoms with Gasteiger partial charge in [0.15, 0.2) is 0 Å². The quantitative estimate of drug-likeness (QED) is 0.384. The first-order valence-corrected chi connectivity index (χ1v) is 7.76. The summed E-state index contributed by atoms with van der Waals surface area (Å²) in [6, 6.07) is 17.3. The summed E-state index contributed by atoms with van der Waals surface area (Å²) in [4.78, 5) is 0. The van der Waals surface area contributed by atoms with Crippen LogP contribution >= 0.6 is 15.9 Å². The summed E-state index contributed by atoms with van der Waals surface area (Å²) in [5, 5.41) is 12.5. The van der Waals surface area contributed by atoms with Crippen molar-refractivity contribution in [3.63, 3.8) is 0 Å². The molecule has 0 saturated heterocycles. The number of hydrogen-bond acceptors (Lipinski definition) is 3. The molecule has 0 unspecified atom stereocenters. The van der Waals surface area contributed by atoms with Crippen molar-refractivity contribution in [3.8, 4) is 11.3 Å². The Morgan fingerprint density at radius 1 is 1.00 bits per heavy atom. The molecule has 1 aromatic heterocycles. The van der Waals surface area contributed by atoms with Crippen LogP contribution in [0.2, 0.25) is 0 Å². The lowest BCUT2D eigenvalue weighted by Gasteiger charge is -2.03.